The third-order valence-corrected chi connectivity index (χ3v) is 4.79. The Bertz CT molecular complexity index is 531. The van der Waals surface area contributed by atoms with Gasteiger partial charge < -0.3 is 5.11 Å². The highest BCUT2D eigenvalue weighted by molar-refractivity contribution is 9.10. The summed E-state index contributed by atoms with van der Waals surface area (Å²) in [6.07, 6.45) is -0.898. The van der Waals surface area contributed by atoms with Gasteiger partial charge >= 0.3 is 0 Å². The fourth-order valence-corrected chi connectivity index (χ4v) is 3.19. The molecule has 0 bridgehead atoms. The van der Waals surface area contributed by atoms with Crippen molar-refractivity contribution < 1.29 is 9.50 Å². The summed E-state index contributed by atoms with van der Waals surface area (Å²) >= 11 is 4.86. The van der Waals surface area contributed by atoms with Crippen molar-refractivity contribution in [3.63, 3.8) is 0 Å². The van der Waals surface area contributed by atoms with E-state index in [9.17, 15) is 9.50 Å². The zero-order valence-electron chi connectivity index (χ0n) is 9.50. The van der Waals surface area contributed by atoms with Crippen LogP contribution < -0.4 is 0 Å². The van der Waals surface area contributed by atoms with Crippen molar-refractivity contribution in [1.82, 2.24) is 0 Å². The first-order chi connectivity index (χ1) is 7.99. The van der Waals surface area contributed by atoms with Crippen LogP contribution in [-0.2, 0) is 0 Å². The zero-order valence-corrected chi connectivity index (χ0v) is 11.9. The number of benzene rings is 1. The summed E-state index contributed by atoms with van der Waals surface area (Å²) in [4.78, 5) is 1.82. The summed E-state index contributed by atoms with van der Waals surface area (Å²) in [7, 11) is 0. The number of rotatable bonds is 2. The molecule has 0 spiro atoms. The number of aliphatic hydroxyl groups excluding tert-OH is 1. The Hall–Kier alpha value is -0.710. The van der Waals surface area contributed by atoms with Crippen LogP contribution in [0.15, 0.2) is 28.7 Å². The van der Waals surface area contributed by atoms with Gasteiger partial charge in [-0.15, -0.1) is 11.3 Å². The van der Waals surface area contributed by atoms with Gasteiger partial charge in [0.05, 0.1) is 0 Å². The van der Waals surface area contributed by atoms with Gasteiger partial charge in [-0.2, -0.15) is 0 Å². The van der Waals surface area contributed by atoms with Gasteiger partial charge in [0.1, 0.15) is 11.9 Å². The first-order valence-electron chi connectivity index (χ1n) is 5.19. The maximum atomic E-state index is 13.7. The van der Waals surface area contributed by atoms with Gasteiger partial charge in [0.25, 0.3) is 0 Å². The monoisotopic (exact) mass is 314 g/mol. The van der Waals surface area contributed by atoms with Crippen LogP contribution in [0.1, 0.15) is 27.0 Å². The molecule has 1 unspecified atom stereocenters. The van der Waals surface area contributed by atoms with Crippen molar-refractivity contribution in [2.24, 2.45) is 0 Å². The Labute approximate surface area is 112 Å². The summed E-state index contributed by atoms with van der Waals surface area (Å²) in [6.45, 7) is 3.78. The number of aliphatic hydroxyl groups is 1. The molecule has 17 heavy (non-hydrogen) atoms. The van der Waals surface area contributed by atoms with Crippen LogP contribution in [0.2, 0.25) is 0 Å². The van der Waals surface area contributed by atoms with E-state index >= 15 is 0 Å². The van der Waals surface area contributed by atoms with Gasteiger partial charge in [-0.1, -0.05) is 12.1 Å². The molecule has 1 aromatic heterocycles. The molecule has 0 radical (unpaired) electrons. The molecule has 0 saturated heterocycles. The molecule has 90 valence electrons. The van der Waals surface area contributed by atoms with E-state index in [0.717, 1.165) is 19.8 Å². The molecule has 1 atom stereocenters. The summed E-state index contributed by atoms with van der Waals surface area (Å²) in [5, 5.41) is 10.2. The molecule has 4 heteroatoms. The number of thiophene rings is 1. The molecule has 0 aliphatic carbocycles. The molecule has 1 nitrogen and oxygen atoms in total. The van der Waals surface area contributed by atoms with Crippen molar-refractivity contribution in [3.8, 4) is 0 Å². The minimum absolute atomic E-state index is 0.323. The van der Waals surface area contributed by atoms with Crippen molar-refractivity contribution in [1.29, 1.82) is 0 Å². The third kappa shape index (κ3) is 2.59. The number of halogens is 2. The second-order valence-corrected chi connectivity index (χ2v) is 6.12. The van der Waals surface area contributed by atoms with Crippen LogP contribution >= 0.6 is 27.3 Å². The lowest BCUT2D eigenvalue weighted by Crippen LogP contribution is -2.00. The average molecular weight is 315 g/mol. The number of hydrogen-bond acceptors (Lipinski definition) is 2. The van der Waals surface area contributed by atoms with Gasteiger partial charge in [0, 0.05) is 19.8 Å². The minimum atomic E-state index is -0.898. The fraction of sp³-hybridized carbons (Fsp3) is 0.231. The van der Waals surface area contributed by atoms with E-state index in [0.29, 0.717) is 5.56 Å². The first kappa shape index (κ1) is 12.7. The summed E-state index contributed by atoms with van der Waals surface area (Å²) in [5.41, 5.74) is 1.17. The molecule has 0 amide bonds. The summed E-state index contributed by atoms with van der Waals surface area (Å²) in [6, 6.07) is 6.72. The molecule has 1 heterocycles. The Morgan fingerprint density at radius 3 is 2.53 bits per heavy atom. The van der Waals surface area contributed by atoms with Crippen molar-refractivity contribution >= 4 is 27.3 Å². The summed E-state index contributed by atoms with van der Waals surface area (Å²) < 4.78 is 14.7. The van der Waals surface area contributed by atoms with E-state index in [1.165, 1.54) is 17.4 Å². The number of hydrogen-bond donors (Lipinski definition) is 1. The fourth-order valence-electron chi connectivity index (χ4n) is 1.62. The quantitative estimate of drug-likeness (QED) is 0.873. The highest BCUT2D eigenvalue weighted by atomic mass is 79.9. The Kier molecular flexibility index (Phi) is 3.66. The maximum absolute atomic E-state index is 13.7. The van der Waals surface area contributed by atoms with E-state index in [-0.39, 0.29) is 5.82 Å². The molecular weight excluding hydrogens is 303 g/mol. The zero-order chi connectivity index (χ0) is 12.6. The van der Waals surface area contributed by atoms with E-state index in [1.54, 1.807) is 12.1 Å². The lowest BCUT2D eigenvalue weighted by Gasteiger charge is -2.10. The molecule has 0 saturated carbocycles. The Balaban J connectivity index is 2.39. The molecule has 0 fully saturated rings. The smallest absolute Gasteiger partial charge is 0.129 e. The van der Waals surface area contributed by atoms with Crippen LogP contribution in [0, 0.1) is 19.7 Å². The van der Waals surface area contributed by atoms with Crippen LogP contribution in [0.4, 0.5) is 4.39 Å². The molecular formula is C13H12BrFOS. The molecule has 0 aliphatic heterocycles. The van der Waals surface area contributed by atoms with Crippen LogP contribution in [0.5, 0.6) is 0 Å². The van der Waals surface area contributed by atoms with Crippen molar-refractivity contribution in [3.05, 3.63) is 55.4 Å². The third-order valence-electron chi connectivity index (χ3n) is 2.60. The molecule has 1 aromatic carbocycles. The largest absolute Gasteiger partial charge is 0.383 e. The highest BCUT2D eigenvalue weighted by Crippen LogP contribution is 2.34. The summed E-state index contributed by atoms with van der Waals surface area (Å²) in [5.74, 6) is -0.361. The first-order valence-corrected chi connectivity index (χ1v) is 6.80. The Morgan fingerprint density at radius 2 is 2.00 bits per heavy atom. The number of aryl methyl sites for hydroxylation is 2. The predicted molar refractivity (Wildman–Crippen MR) is 72.0 cm³/mol. The molecule has 2 aromatic rings. The van der Waals surface area contributed by atoms with Gasteiger partial charge in [-0.25, -0.2) is 4.39 Å². The second-order valence-electron chi connectivity index (χ2n) is 3.98. The van der Waals surface area contributed by atoms with E-state index in [4.69, 9.17) is 0 Å². The molecule has 2 rings (SSSR count). The van der Waals surface area contributed by atoms with Crippen LogP contribution in [0.3, 0.4) is 0 Å². The van der Waals surface area contributed by atoms with Crippen molar-refractivity contribution in [2.45, 2.75) is 20.0 Å². The van der Waals surface area contributed by atoms with Gasteiger partial charge in [0.15, 0.2) is 0 Å². The molecule has 1 N–H and O–H groups in total. The lowest BCUT2D eigenvalue weighted by atomic mass is 10.1. The van der Waals surface area contributed by atoms with E-state index < -0.39 is 6.10 Å². The van der Waals surface area contributed by atoms with E-state index in [2.05, 4.69) is 15.9 Å². The van der Waals surface area contributed by atoms with Crippen LogP contribution in [0.25, 0.3) is 0 Å². The second kappa shape index (κ2) is 4.88. The lowest BCUT2D eigenvalue weighted by molar-refractivity contribution is 0.218. The standard InChI is InChI=1S/C13H12BrFOS/c1-7-3-4-9(11(15)5-7)13(16)12-6-10(14)8(2)17-12/h3-6,13,16H,1-2H3. The van der Waals surface area contributed by atoms with Gasteiger partial charge in [-0.3, -0.25) is 0 Å². The van der Waals surface area contributed by atoms with E-state index in [1.807, 2.05) is 19.9 Å². The topological polar surface area (TPSA) is 20.2 Å². The minimum Gasteiger partial charge on any atom is -0.383 e. The maximum Gasteiger partial charge on any atom is 0.129 e. The normalized spacial score (nSPS) is 12.8. The van der Waals surface area contributed by atoms with Crippen molar-refractivity contribution in [2.75, 3.05) is 0 Å². The predicted octanol–water partition coefficient (Wildman–Crippen LogP) is 4.35. The van der Waals surface area contributed by atoms with Gasteiger partial charge in [-0.05, 0) is 47.5 Å². The SMILES string of the molecule is Cc1ccc(C(O)c2cc(Br)c(C)s2)c(F)c1. The van der Waals surface area contributed by atoms with Gasteiger partial charge in [0.2, 0.25) is 0 Å². The highest BCUT2D eigenvalue weighted by Gasteiger charge is 2.17. The molecule has 0 aliphatic rings. The average Bonchev–Trinajstić information content (AvgIpc) is 2.58. The van der Waals surface area contributed by atoms with Crippen LogP contribution in [-0.4, -0.2) is 5.11 Å². The Morgan fingerprint density at radius 1 is 1.29 bits per heavy atom.